The minimum atomic E-state index is -0.507. The second-order valence-corrected chi connectivity index (χ2v) is 11.6. The molecule has 1 aliphatic rings. The Kier molecular flexibility index (Phi) is 9.42. The highest BCUT2D eigenvalue weighted by Crippen LogP contribution is 2.29. The molecular weight excluding hydrogens is 540 g/mol. The summed E-state index contributed by atoms with van der Waals surface area (Å²) < 4.78 is 5.49. The van der Waals surface area contributed by atoms with Crippen molar-refractivity contribution in [2.75, 3.05) is 37.2 Å². The number of anilines is 2. The number of nitriles is 1. The lowest BCUT2D eigenvalue weighted by Gasteiger charge is -2.35. The highest BCUT2D eigenvalue weighted by Gasteiger charge is 2.26. The summed E-state index contributed by atoms with van der Waals surface area (Å²) in [5, 5.41) is 12.8. The van der Waals surface area contributed by atoms with E-state index in [9.17, 15) is 14.9 Å². The number of nitrogen functional groups attached to an aromatic ring is 1. The van der Waals surface area contributed by atoms with Gasteiger partial charge in [-0.2, -0.15) is 5.26 Å². The number of hydrogen-bond acceptors (Lipinski definition) is 10. The molecule has 1 fully saturated rings. The number of rotatable bonds is 7. The number of carbonyl (C=O) groups excluding carboxylic acids is 2. The Labute approximate surface area is 244 Å². The average molecular weight is 575 g/mol. The number of nitrogens with one attached hydrogen (secondary N) is 1. The number of pyridine rings is 1. The van der Waals surface area contributed by atoms with Gasteiger partial charge in [-0.1, -0.05) is 30.0 Å². The Bertz CT molecular complexity index is 1440. The summed E-state index contributed by atoms with van der Waals surface area (Å²) in [6, 6.07) is 15.1. The van der Waals surface area contributed by atoms with Gasteiger partial charge >= 0.3 is 6.09 Å². The van der Waals surface area contributed by atoms with Gasteiger partial charge in [-0.25, -0.2) is 14.8 Å². The topological polar surface area (TPSA) is 150 Å². The number of ether oxygens (including phenoxy) is 1. The minimum absolute atomic E-state index is 0.109. The Balaban J connectivity index is 1.38. The lowest BCUT2D eigenvalue weighted by Crippen LogP contribution is -2.49. The van der Waals surface area contributed by atoms with Crippen molar-refractivity contribution < 1.29 is 14.3 Å². The van der Waals surface area contributed by atoms with Gasteiger partial charge in [0.05, 0.1) is 17.1 Å². The van der Waals surface area contributed by atoms with Gasteiger partial charge in [0.2, 0.25) is 5.91 Å². The van der Waals surface area contributed by atoms with E-state index in [0.29, 0.717) is 47.5 Å². The molecule has 1 saturated heterocycles. The maximum atomic E-state index is 12.3. The molecule has 0 radical (unpaired) electrons. The monoisotopic (exact) mass is 574 g/mol. The number of carbonyl (C=O) groups is 2. The van der Waals surface area contributed by atoms with Gasteiger partial charge in [0.1, 0.15) is 23.1 Å². The summed E-state index contributed by atoms with van der Waals surface area (Å²) in [6.07, 6.45) is -0.273. The first-order valence-electron chi connectivity index (χ1n) is 13.2. The second kappa shape index (κ2) is 13.0. The number of piperazine rings is 1. The predicted octanol–water partition coefficient (Wildman–Crippen LogP) is 4.30. The van der Waals surface area contributed by atoms with Gasteiger partial charge < -0.3 is 20.7 Å². The molecule has 3 N–H and O–H groups in total. The molecule has 0 bridgehead atoms. The van der Waals surface area contributed by atoms with E-state index in [4.69, 9.17) is 15.5 Å². The highest BCUT2D eigenvalue weighted by atomic mass is 32.2. The molecule has 0 aliphatic carbocycles. The van der Waals surface area contributed by atoms with E-state index in [0.717, 1.165) is 24.5 Å². The van der Waals surface area contributed by atoms with Gasteiger partial charge in [0.15, 0.2) is 5.16 Å². The minimum Gasteiger partial charge on any atom is -0.444 e. The van der Waals surface area contributed by atoms with Crippen LogP contribution in [0.4, 0.5) is 16.3 Å². The Hall–Kier alpha value is -4.21. The zero-order valence-corrected chi connectivity index (χ0v) is 24.5. The van der Waals surface area contributed by atoms with Crippen molar-refractivity contribution in [3.8, 4) is 17.3 Å². The summed E-state index contributed by atoms with van der Waals surface area (Å²) in [7, 11) is 0. The smallest absolute Gasteiger partial charge is 0.410 e. The van der Waals surface area contributed by atoms with E-state index in [1.54, 1.807) is 29.2 Å². The molecule has 1 aromatic carbocycles. The molecule has 214 valence electrons. The van der Waals surface area contributed by atoms with Gasteiger partial charge in [-0.3, -0.25) is 14.7 Å². The molecule has 12 heteroatoms. The van der Waals surface area contributed by atoms with Crippen molar-refractivity contribution in [3.05, 3.63) is 59.4 Å². The van der Waals surface area contributed by atoms with Crippen LogP contribution in [0.1, 0.15) is 44.6 Å². The van der Waals surface area contributed by atoms with E-state index in [1.165, 1.54) is 18.7 Å². The molecular formula is C29H34N8O3S. The third-order valence-electron chi connectivity index (χ3n) is 6.13. The molecule has 2 amide bonds. The fraction of sp³-hybridized carbons (Fsp3) is 0.379. The van der Waals surface area contributed by atoms with Crippen LogP contribution in [0, 0.1) is 11.3 Å². The number of benzene rings is 1. The van der Waals surface area contributed by atoms with E-state index in [2.05, 4.69) is 26.3 Å². The zero-order valence-electron chi connectivity index (χ0n) is 23.7. The van der Waals surface area contributed by atoms with Crippen molar-refractivity contribution in [1.29, 1.82) is 5.26 Å². The van der Waals surface area contributed by atoms with Gasteiger partial charge in [0, 0.05) is 56.7 Å². The molecule has 2 aromatic heterocycles. The number of nitrogens with two attached hydrogens (primary N) is 1. The third-order valence-corrected chi connectivity index (χ3v) is 7.01. The maximum absolute atomic E-state index is 12.3. The van der Waals surface area contributed by atoms with Crippen LogP contribution in [0.25, 0.3) is 11.3 Å². The summed E-state index contributed by atoms with van der Waals surface area (Å²) in [4.78, 5) is 41.5. The Morgan fingerprint density at radius 2 is 1.73 bits per heavy atom. The lowest BCUT2D eigenvalue weighted by atomic mass is 10.1. The van der Waals surface area contributed by atoms with Crippen molar-refractivity contribution >= 4 is 35.3 Å². The lowest BCUT2D eigenvalue weighted by molar-refractivity contribution is -0.114. The molecule has 0 saturated carbocycles. The SMILES string of the molecule is CC(=O)Nc1ccc(-c2nc(SCc3cccc(CN4CCN(C(=O)OC(C)(C)C)CC4)n3)nc(N)c2C#N)cc1. The molecule has 4 rings (SSSR count). The highest BCUT2D eigenvalue weighted by molar-refractivity contribution is 7.98. The number of thioether (sulfide) groups is 1. The van der Waals surface area contributed by atoms with Crippen LogP contribution in [0.15, 0.2) is 47.6 Å². The van der Waals surface area contributed by atoms with Crippen LogP contribution >= 0.6 is 11.8 Å². The zero-order chi connectivity index (χ0) is 29.6. The number of aromatic nitrogens is 3. The van der Waals surface area contributed by atoms with E-state index < -0.39 is 5.60 Å². The molecule has 0 spiro atoms. The standard InChI is InChI=1S/C29H34N8O3S/c1-19(38)32-21-10-8-20(9-11-21)25-24(16-30)26(31)35-27(34-25)41-18-23-7-5-6-22(33-23)17-36-12-14-37(15-13-36)28(39)40-29(2,3)4/h5-11H,12-15,17-18H2,1-4H3,(H,32,38)(H2,31,34,35). The van der Waals surface area contributed by atoms with Crippen molar-refractivity contribution in [2.24, 2.45) is 0 Å². The van der Waals surface area contributed by atoms with Crippen molar-refractivity contribution in [2.45, 2.75) is 50.8 Å². The summed E-state index contributed by atoms with van der Waals surface area (Å²) >= 11 is 1.39. The summed E-state index contributed by atoms with van der Waals surface area (Å²) in [6.45, 7) is 10.4. The first kappa shape index (κ1) is 29.8. The summed E-state index contributed by atoms with van der Waals surface area (Å²) in [5.41, 5.74) is 9.40. The largest absolute Gasteiger partial charge is 0.444 e. The Morgan fingerprint density at radius 3 is 2.37 bits per heavy atom. The molecule has 0 atom stereocenters. The molecule has 0 unspecified atom stereocenters. The van der Waals surface area contributed by atoms with Crippen molar-refractivity contribution in [1.82, 2.24) is 24.8 Å². The molecule has 11 nitrogen and oxygen atoms in total. The molecule has 1 aliphatic heterocycles. The van der Waals surface area contributed by atoms with Gasteiger partial charge in [-0.15, -0.1) is 0 Å². The fourth-order valence-electron chi connectivity index (χ4n) is 4.24. The summed E-state index contributed by atoms with van der Waals surface area (Å²) in [5.74, 6) is 0.462. The number of hydrogen-bond donors (Lipinski definition) is 2. The fourth-order valence-corrected chi connectivity index (χ4v) is 4.99. The maximum Gasteiger partial charge on any atom is 0.410 e. The van der Waals surface area contributed by atoms with E-state index >= 15 is 0 Å². The first-order valence-corrected chi connectivity index (χ1v) is 14.2. The second-order valence-electron chi connectivity index (χ2n) is 10.6. The predicted molar refractivity (Wildman–Crippen MR) is 158 cm³/mol. The van der Waals surface area contributed by atoms with E-state index in [1.807, 2.05) is 39.0 Å². The molecule has 3 heterocycles. The van der Waals surface area contributed by atoms with Crippen LogP contribution in [0.3, 0.4) is 0 Å². The average Bonchev–Trinajstić information content (AvgIpc) is 2.91. The van der Waals surface area contributed by atoms with E-state index in [-0.39, 0.29) is 23.4 Å². The van der Waals surface area contributed by atoms with Crippen LogP contribution in [-0.4, -0.2) is 68.5 Å². The van der Waals surface area contributed by atoms with Crippen LogP contribution in [-0.2, 0) is 21.8 Å². The Morgan fingerprint density at radius 1 is 1.05 bits per heavy atom. The first-order chi connectivity index (χ1) is 19.5. The number of amides is 2. The van der Waals surface area contributed by atoms with Crippen LogP contribution in [0.2, 0.25) is 0 Å². The van der Waals surface area contributed by atoms with Crippen LogP contribution < -0.4 is 11.1 Å². The number of nitrogens with zero attached hydrogens (tertiary/aromatic N) is 6. The normalized spacial score (nSPS) is 13.9. The van der Waals surface area contributed by atoms with Crippen LogP contribution in [0.5, 0.6) is 0 Å². The molecule has 3 aromatic rings. The van der Waals surface area contributed by atoms with Gasteiger partial charge in [-0.05, 0) is 45.0 Å². The molecule has 41 heavy (non-hydrogen) atoms. The van der Waals surface area contributed by atoms with Crippen molar-refractivity contribution in [3.63, 3.8) is 0 Å². The van der Waals surface area contributed by atoms with Gasteiger partial charge in [0.25, 0.3) is 0 Å². The quantitative estimate of drug-likeness (QED) is 0.309. The third kappa shape index (κ3) is 8.39.